The first-order chi connectivity index (χ1) is 13.6. The van der Waals surface area contributed by atoms with Gasteiger partial charge in [-0.3, -0.25) is 10.3 Å². The lowest BCUT2D eigenvalue weighted by atomic mass is 10.1. The zero-order valence-electron chi connectivity index (χ0n) is 16.8. The minimum absolute atomic E-state index is 0.0778. The number of ether oxygens (including phenoxy) is 1. The van der Waals surface area contributed by atoms with E-state index in [1.165, 1.54) is 12.1 Å². The lowest BCUT2D eigenvalue weighted by Crippen LogP contribution is -2.36. The van der Waals surface area contributed by atoms with Crippen LogP contribution in [0.25, 0.3) is 6.08 Å². The largest absolute Gasteiger partial charge is 0.467 e. The van der Waals surface area contributed by atoms with Crippen LogP contribution in [0.3, 0.4) is 0 Å². The van der Waals surface area contributed by atoms with Crippen LogP contribution in [0.5, 0.6) is 0 Å². The predicted molar refractivity (Wildman–Crippen MR) is 112 cm³/mol. The van der Waals surface area contributed by atoms with Crippen LogP contribution in [0.4, 0.5) is 13.2 Å². The van der Waals surface area contributed by atoms with Gasteiger partial charge in [0.15, 0.2) is 6.23 Å². The quantitative estimate of drug-likeness (QED) is 0.339. The van der Waals surface area contributed by atoms with E-state index in [4.69, 9.17) is 27.5 Å². The highest BCUT2D eigenvalue weighted by atomic mass is 35.5. The Morgan fingerprint density at radius 3 is 2.48 bits per heavy atom. The van der Waals surface area contributed by atoms with Gasteiger partial charge in [0.25, 0.3) is 0 Å². The SMILES string of the molecule is C=C1NC(C(Cl)CCN(C)CC(=N)N)O/C1=C\c1ccc(C(F)(F)F)cc1.CC. The number of nitrogens with one attached hydrogen (secondary N) is 2. The van der Waals surface area contributed by atoms with Crippen molar-refractivity contribution >= 4 is 23.5 Å². The highest BCUT2D eigenvalue weighted by molar-refractivity contribution is 6.21. The smallest absolute Gasteiger partial charge is 0.416 e. The van der Waals surface area contributed by atoms with Crippen molar-refractivity contribution in [2.24, 2.45) is 5.73 Å². The molecule has 2 rings (SSSR count). The molecule has 4 N–H and O–H groups in total. The maximum Gasteiger partial charge on any atom is 0.416 e. The summed E-state index contributed by atoms with van der Waals surface area (Å²) in [5, 5.41) is 9.94. The van der Waals surface area contributed by atoms with Crippen molar-refractivity contribution in [2.45, 2.75) is 38.0 Å². The van der Waals surface area contributed by atoms with E-state index in [0.717, 1.165) is 12.1 Å². The number of halogens is 4. The summed E-state index contributed by atoms with van der Waals surface area (Å²) in [7, 11) is 1.84. The maximum atomic E-state index is 12.6. The Labute approximate surface area is 174 Å². The van der Waals surface area contributed by atoms with Crippen LogP contribution in [-0.2, 0) is 10.9 Å². The van der Waals surface area contributed by atoms with E-state index in [2.05, 4.69) is 11.9 Å². The summed E-state index contributed by atoms with van der Waals surface area (Å²) in [6.45, 7) is 8.84. The molecule has 0 radical (unpaired) electrons. The average molecular weight is 433 g/mol. The summed E-state index contributed by atoms with van der Waals surface area (Å²) in [5.74, 6) is 0.511. The molecule has 0 saturated carbocycles. The van der Waals surface area contributed by atoms with E-state index in [9.17, 15) is 13.2 Å². The van der Waals surface area contributed by atoms with Gasteiger partial charge < -0.3 is 15.8 Å². The zero-order valence-corrected chi connectivity index (χ0v) is 17.6. The van der Waals surface area contributed by atoms with Gasteiger partial charge in [0.2, 0.25) is 0 Å². The van der Waals surface area contributed by atoms with Gasteiger partial charge in [0.05, 0.1) is 23.2 Å². The zero-order chi connectivity index (χ0) is 22.2. The molecule has 1 heterocycles. The fraction of sp³-hybridized carbons (Fsp3) is 0.450. The van der Waals surface area contributed by atoms with Crippen LogP contribution < -0.4 is 11.1 Å². The van der Waals surface area contributed by atoms with E-state index < -0.39 is 18.0 Å². The second-order valence-corrected chi connectivity index (χ2v) is 6.92. The molecule has 9 heteroatoms. The normalized spacial score (nSPS) is 18.7. The first-order valence-corrected chi connectivity index (χ1v) is 9.67. The standard InChI is InChI=1S/C18H22ClF3N4O.C2H6/c1-11-15(9-12-3-5-13(6-4-12)18(20,21)22)27-17(25-11)14(19)7-8-26(2)10-16(23)24;1-2/h3-6,9,14,17,25H,1,7-8,10H2,2H3,(H3,23,24);1-2H3/b15-9-;. The van der Waals surface area contributed by atoms with Crippen LogP contribution in [0.15, 0.2) is 42.3 Å². The Morgan fingerprint density at radius 2 is 1.97 bits per heavy atom. The van der Waals surface area contributed by atoms with E-state index in [0.29, 0.717) is 36.5 Å². The third kappa shape index (κ3) is 7.98. The van der Waals surface area contributed by atoms with Crippen LogP contribution in [0, 0.1) is 5.41 Å². The molecular formula is C20H28ClF3N4O. The minimum atomic E-state index is -4.37. The molecule has 1 aromatic rings. The molecule has 0 spiro atoms. The maximum absolute atomic E-state index is 12.6. The monoisotopic (exact) mass is 432 g/mol. The second-order valence-electron chi connectivity index (χ2n) is 6.36. The highest BCUT2D eigenvalue weighted by Crippen LogP contribution is 2.30. The number of rotatable bonds is 7. The molecule has 0 aliphatic carbocycles. The molecule has 1 aliphatic heterocycles. The third-order valence-corrected chi connectivity index (χ3v) is 4.41. The summed E-state index contributed by atoms with van der Waals surface area (Å²) in [6.07, 6.45) is -2.66. The number of benzene rings is 1. The summed E-state index contributed by atoms with van der Waals surface area (Å²) >= 11 is 6.38. The van der Waals surface area contributed by atoms with Crippen LogP contribution in [-0.4, -0.2) is 42.5 Å². The first-order valence-electron chi connectivity index (χ1n) is 9.23. The van der Waals surface area contributed by atoms with Gasteiger partial charge in [-0.05, 0) is 43.8 Å². The van der Waals surface area contributed by atoms with Gasteiger partial charge >= 0.3 is 6.18 Å². The number of hydrogen-bond acceptors (Lipinski definition) is 4. The van der Waals surface area contributed by atoms with Gasteiger partial charge in [-0.2, -0.15) is 13.2 Å². The van der Waals surface area contributed by atoms with Crippen LogP contribution in [0.1, 0.15) is 31.4 Å². The van der Waals surface area contributed by atoms with Gasteiger partial charge in [-0.1, -0.05) is 32.6 Å². The minimum Gasteiger partial charge on any atom is -0.467 e. The molecule has 162 valence electrons. The van der Waals surface area contributed by atoms with Crippen LogP contribution in [0.2, 0.25) is 0 Å². The average Bonchev–Trinajstić information content (AvgIpc) is 3.01. The van der Waals surface area contributed by atoms with E-state index >= 15 is 0 Å². The number of hydrogen-bond donors (Lipinski definition) is 3. The molecule has 2 unspecified atom stereocenters. The molecule has 2 atom stereocenters. The molecule has 1 aromatic carbocycles. The Bertz CT molecular complexity index is 719. The number of alkyl halides is 4. The van der Waals surface area contributed by atoms with Crippen molar-refractivity contribution in [3.8, 4) is 0 Å². The van der Waals surface area contributed by atoms with Crippen molar-refractivity contribution in [3.05, 3.63) is 53.4 Å². The highest BCUT2D eigenvalue weighted by Gasteiger charge is 2.31. The van der Waals surface area contributed by atoms with Crippen molar-refractivity contribution in [3.63, 3.8) is 0 Å². The van der Waals surface area contributed by atoms with E-state index in [1.54, 1.807) is 6.08 Å². The molecule has 29 heavy (non-hydrogen) atoms. The Morgan fingerprint density at radius 1 is 1.38 bits per heavy atom. The Kier molecular flexibility index (Phi) is 9.52. The first kappa shape index (κ1) is 24.8. The van der Waals surface area contributed by atoms with Crippen molar-refractivity contribution < 1.29 is 17.9 Å². The predicted octanol–water partition coefficient (Wildman–Crippen LogP) is 4.40. The van der Waals surface area contributed by atoms with Gasteiger partial charge in [-0.15, -0.1) is 11.6 Å². The molecular weight excluding hydrogens is 405 g/mol. The van der Waals surface area contributed by atoms with Crippen LogP contribution >= 0.6 is 11.6 Å². The number of likely N-dealkylation sites (N-methyl/N-ethyl adjacent to an activating group) is 1. The Hall–Kier alpha value is -2.19. The number of amidine groups is 1. The molecule has 1 fully saturated rings. The van der Waals surface area contributed by atoms with Crippen molar-refractivity contribution in [1.82, 2.24) is 10.2 Å². The van der Waals surface area contributed by atoms with Gasteiger partial charge in [0, 0.05) is 0 Å². The summed E-state index contributed by atoms with van der Waals surface area (Å²) in [4.78, 5) is 1.88. The van der Waals surface area contributed by atoms with E-state index in [1.807, 2.05) is 25.8 Å². The van der Waals surface area contributed by atoms with Crippen molar-refractivity contribution in [1.29, 1.82) is 5.41 Å². The molecule has 0 aromatic heterocycles. The number of nitrogens with zero attached hydrogens (tertiary/aromatic N) is 1. The molecule has 1 aliphatic rings. The fourth-order valence-corrected chi connectivity index (χ4v) is 2.76. The molecule has 5 nitrogen and oxygen atoms in total. The topological polar surface area (TPSA) is 74.4 Å². The van der Waals surface area contributed by atoms with E-state index in [-0.39, 0.29) is 11.2 Å². The second kappa shape index (κ2) is 11.1. The molecule has 1 saturated heterocycles. The fourth-order valence-electron chi connectivity index (χ4n) is 2.55. The van der Waals surface area contributed by atoms with Crippen molar-refractivity contribution in [2.75, 3.05) is 20.1 Å². The summed E-state index contributed by atoms with van der Waals surface area (Å²) in [6, 6.07) is 4.78. The lowest BCUT2D eigenvalue weighted by molar-refractivity contribution is -0.137. The molecule has 0 amide bonds. The van der Waals surface area contributed by atoms with Gasteiger partial charge in [0.1, 0.15) is 11.6 Å². The summed E-state index contributed by atoms with van der Waals surface area (Å²) in [5.41, 5.74) is 5.73. The van der Waals surface area contributed by atoms with Gasteiger partial charge in [-0.25, -0.2) is 0 Å². The lowest BCUT2D eigenvalue weighted by Gasteiger charge is -2.21. The number of nitrogens with two attached hydrogens (primary N) is 1. The molecule has 0 bridgehead atoms. The third-order valence-electron chi connectivity index (χ3n) is 3.96. The summed E-state index contributed by atoms with van der Waals surface area (Å²) < 4.78 is 43.6. The Balaban J connectivity index is 0.00000204.